The van der Waals surface area contributed by atoms with Crippen molar-refractivity contribution >= 4 is 11.9 Å². The van der Waals surface area contributed by atoms with E-state index in [1.165, 1.54) is 25.7 Å². The highest BCUT2D eigenvalue weighted by atomic mass is 16.8. The summed E-state index contributed by atoms with van der Waals surface area (Å²) >= 11 is 0. The second-order valence-electron chi connectivity index (χ2n) is 11.2. The topological polar surface area (TPSA) is 202 Å². The molecule has 0 aromatic carbocycles. The maximum Gasteiger partial charge on any atom is 0.331 e. The molecule has 2 heterocycles. The lowest BCUT2D eigenvalue weighted by Gasteiger charge is -2.45. The SMILES string of the molecule is CCCCCCCCCCCC(=O)O[C@H]1[C@@H](O[C@@]2(CO)O[C@@H](CO)[C@H](O)[C@H]2O)O[C@H](CO)[C@@H](O)[C@@H]1OC(=O)C=C(C)C. The lowest BCUT2D eigenvalue weighted by atomic mass is 9.98. The zero-order chi connectivity index (χ0) is 31.3. The Morgan fingerprint density at radius 2 is 1.40 bits per heavy atom. The van der Waals surface area contributed by atoms with E-state index < -0.39 is 86.6 Å². The van der Waals surface area contributed by atoms with E-state index in [9.17, 15) is 40.2 Å². The van der Waals surface area contributed by atoms with Gasteiger partial charge in [-0.2, -0.15) is 0 Å². The number of esters is 2. The van der Waals surface area contributed by atoms with Gasteiger partial charge in [-0.25, -0.2) is 4.79 Å². The first-order valence-electron chi connectivity index (χ1n) is 15.0. The van der Waals surface area contributed by atoms with E-state index in [1.807, 2.05) is 0 Å². The van der Waals surface area contributed by atoms with Crippen LogP contribution in [0.1, 0.15) is 85.0 Å². The number of aliphatic hydroxyl groups excluding tert-OH is 6. The minimum absolute atomic E-state index is 0.0167. The number of unbranched alkanes of at least 4 members (excludes halogenated alkanes) is 8. The molecule has 0 unspecified atom stereocenters. The molecular formula is C29H50O13. The average molecular weight is 607 g/mol. The Balaban J connectivity index is 2.19. The summed E-state index contributed by atoms with van der Waals surface area (Å²) in [7, 11) is 0. The maximum atomic E-state index is 12.9. The minimum Gasteiger partial charge on any atom is -0.453 e. The van der Waals surface area contributed by atoms with Crippen molar-refractivity contribution in [3.05, 3.63) is 11.6 Å². The van der Waals surface area contributed by atoms with Gasteiger partial charge < -0.3 is 54.3 Å². The van der Waals surface area contributed by atoms with Crippen LogP contribution >= 0.6 is 0 Å². The first-order valence-corrected chi connectivity index (χ1v) is 15.0. The third kappa shape index (κ3) is 10.2. The van der Waals surface area contributed by atoms with E-state index in [0.717, 1.165) is 31.8 Å². The van der Waals surface area contributed by atoms with Crippen LogP contribution in [0.15, 0.2) is 11.6 Å². The van der Waals surface area contributed by atoms with Gasteiger partial charge in [0.1, 0.15) is 37.1 Å². The summed E-state index contributed by atoms with van der Waals surface area (Å²) in [4.78, 5) is 25.4. The lowest BCUT2D eigenvalue weighted by Crippen LogP contribution is -2.64. The number of aliphatic hydroxyl groups is 6. The van der Waals surface area contributed by atoms with Gasteiger partial charge >= 0.3 is 11.9 Å². The van der Waals surface area contributed by atoms with E-state index in [1.54, 1.807) is 13.8 Å². The third-order valence-corrected chi connectivity index (χ3v) is 7.43. The monoisotopic (exact) mass is 606 g/mol. The molecule has 13 nitrogen and oxygen atoms in total. The molecule has 0 aromatic heterocycles. The Bertz CT molecular complexity index is 847. The zero-order valence-corrected chi connectivity index (χ0v) is 24.9. The highest BCUT2D eigenvalue weighted by molar-refractivity contribution is 5.82. The van der Waals surface area contributed by atoms with Gasteiger partial charge in [-0.05, 0) is 20.3 Å². The van der Waals surface area contributed by atoms with Gasteiger partial charge in [0, 0.05) is 12.5 Å². The molecule has 2 fully saturated rings. The van der Waals surface area contributed by atoms with Crippen LogP contribution in [0.5, 0.6) is 0 Å². The Kier molecular flexibility index (Phi) is 15.8. The second kappa shape index (κ2) is 18.2. The van der Waals surface area contributed by atoms with E-state index in [-0.39, 0.29) is 6.42 Å². The molecule has 2 rings (SSSR count). The van der Waals surface area contributed by atoms with Crippen LogP contribution < -0.4 is 0 Å². The van der Waals surface area contributed by atoms with E-state index in [4.69, 9.17) is 23.7 Å². The van der Waals surface area contributed by atoms with Gasteiger partial charge in [-0.15, -0.1) is 0 Å². The van der Waals surface area contributed by atoms with Gasteiger partial charge in [0.25, 0.3) is 0 Å². The van der Waals surface area contributed by atoms with E-state index in [0.29, 0.717) is 12.0 Å². The molecule has 0 spiro atoms. The van der Waals surface area contributed by atoms with Gasteiger partial charge in [0.2, 0.25) is 12.1 Å². The molecule has 13 heteroatoms. The fourth-order valence-electron chi connectivity index (χ4n) is 5.06. The van der Waals surface area contributed by atoms with Crippen molar-refractivity contribution in [1.82, 2.24) is 0 Å². The minimum atomic E-state index is -2.34. The van der Waals surface area contributed by atoms with Crippen LogP contribution in [0.2, 0.25) is 0 Å². The Hall–Kier alpha value is -1.68. The molecule has 0 radical (unpaired) electrons. The van der Waals surface area contributed by atoms with Crippen LogP contribution in [-0.2, 0) is 33.3 Å². The summed E-state index contributed by atoms with van der Waals surface area (Å²) in [5.41, 5.74) is 0.595. The van der Waals surface area contributed by atoms with Gasteiger partial charge in [0.05, 0.1) is 13.2 Å². The Labute approximate surface area is 247 Å². The summed E-state index contributed by atoms with van der Waals surface area (Å²) in [5, 5.41) is 61.2. The summed E-state index contributed by atoms with van der Waals surface area (Å²) < 4.78 is 27.9. The second-order valence-corrected chi connectivity index (χ2v) is 11.2. The van der Waals surface area contributed by atoms with Crippen molar-refractivity contribution in [3.63, 3.8) is 0 Å². The molecule has 0 bridgehead atoms. The van der Waals surface area contributed by atoms with Crippen molar-refractivity contribution in [2.45, 2.75) is 140 Å². The fourth-order valence-corrected chi connectivity index (χ4v) is 5.06. The molecule has 2 aliphatic heterocycles. The summed E-state index contributed by atoms with van der Waals surface area (Å²) in [5.74, 6) is -3.89. The van der Waals surface area contributed by atoms with E-state index in [2.05, 4.69) is 6.92 Å². The average Bonchev–Trinajstić information content (AvgIpc) is 3.19. The Morgan fingerprint density at radius 3 is 1.93 bits per heavy atom. The molecule has 6 N–H and O–H groups in total. The molecule has 0 saturated carbocycles. The normalized spacial score (nSPS) is 32.9. The molecular weight excluding hydrogens is 556 g/mol. The zero-order valence-electron chi connectivity index (χ0n) is 24.9. The molecule has 244 valence electrons. The maximum absolute atomic E-state index is 12.9. The third-order valence-electron chi connectivity index (χ3n) is 7.43. The predicted octanol–water partition coefficient (Wildman–Crippen LogP) is 0.593. The highest BCUT2D eigenvalue weighted by Gasteiger charge is 2.59. The lowest BCUT2D eigenvalue weighted by molar-refractivity contribution is -0.384. The van der Waals surface area contributed by atoms with Gasteiger partial charge in [0.15, 0.2) is 12.2 Å². The fraction of sp³-hybridized carbons (Fsp3) is 0.862. The Morgan fingerprint density at radius 1 is 0.810 bits per heavy atom. The van der Waals surface area contributed by atoms with Crippen LogP contribution in [0.4, 0.5) is 0 Å². The first kappa shape index (κ1) is 36.5. The van der Waals surface area contributed by atoms with Crippen LogP contribution in [0.25, 0.3) is 0 Å². The number of carbonyl (C=O) groups is 2. The highest BCUT2D eigenvalue weighted by Crippen LogP contribution is 2.37. The predicted molar refractivity (Wildman–Crippen MR) is 148 cm³/mol. The van der Waals surface area contributed by atoms with Gasteiger partial charge in [-0.1, -0.05) is 63.9 Å². The smallest absolute Gasteiger partial charge is 0.331 e. The van der Waals surface area contributed by atoms with Crippen molar-refractivity contribution in [1.29, 1.82) is 0 Å². The summed E-state index contributed by atoms with van der Waals surface area (Å²) in [6.45, 7) is 2.98. The first-order chi connectivity index (χ1) is 20.0. The molecule has 0 aromatic rings. The molecule has 9 atom stereocenters. The number of allylic oxidation sites excluding steroid dienone is 1. The van der Waals surface area contributed by atoms with E-state index >= 15 is 0 Å². The van der Waals surface area contributed by atoms with Gasteiger partial charge in [-0.3, -0.25) is 4.79 Å². The molecule has 0 amide bonds. The van der Waals surface area contributed by atoms with Crippen molar-refractivity contribution in [2.75, 3.05) is 19.8 Å². The van der Waals surface area contributed by atoms with Crippen molar-refractivity contribution in [2.24, 2.45) is 0 Å². The quantitative estimate of drug-likeness (QED) is 0.0720. The standard InChI is InChI=1S/C29H50O13/c1-4-5-6-7-8-9-10-11-12-13-21(33)39-26-25(40-22(34)14-18(2)3)23(35)19(15-30)38-28(26)42-29(17-32)27(37)24(36)20(16-31)41-29/h14,19-20,23-28,30-32,35-37H,4-13,15-17H2,1-3H3/t19-,20+,23-,24+,25+,26-,27-,28-,29-/m1/s1. The van der Waals surface area contributed by atoms with Crippen LogP contribution in [0, 0.1) is 0 Å². The number of hydrogen-bond acceptors (Lipinski definition) is 13. The molecule has 2 aliphatic rings. The number of hydrogen-bond donors (Lipinski definition) is 6. The van der Waals surface area contributed by atoms with Crippen LogP contribution in [-0.4, -0.2) is 117 Å². The van der Waals surface area contributed by atoms with Crippen molar-refractivity contribution < 1.29 is 63.9 Å². The largest absolute Gasteiger partial charge is 0.453 e. The molecule has 0 aliphatic carbocycles. The summed E-state index contributed by atoms with van der Waals surface area (Å²) in [6.07, 6.45) is -2.33. The number of rotatable bonds is 18. The summed E-state index contributed by atoms with van der Waals surface area (Å²) in [6, 6.07) is 0. The van der Waals surface area contributed by atoms with Crippen molar-refractivity contribution in [3.8, 4) is 0 Å². The molecule has 2 saturated heterocycles. The number of carbonyl (C=O) groups excluding carboxylic acids is 2. The number of ether oxygens (including phenoxy) is 5. The van der Waals surface area contributed by atoms with Crippen LogP contribution in [0.3, 0.4) is 0 Å². The molecule has 42 heavy (non-hydrogen) atoms.